The van der Waals surface area contributed by atoms with E-state index in [1.165, 1.54) is 12.3 Å². The van der Waals surface area contributed by atoms with Gasteiger partial charge in [-0.2, -0.15) is 0 Å². The van der Waals surface area contributed by atoms with Gasteiger partial charge < -0.3 is 13.9 Å². The van der Waals surface area contributed by atoms with Gasteiger partial charge in [-0.15, -0.1) is 0 Å². The second-order valence-electron chi connectivity index (χ2n) is 7.21. The molecule has 0 amide bonds. The van der Waals surface area contributed by atoms with Crippen molar-refractivity contribution in [2.75, 3.05) is 13.2 Å². The topological polar surface area (TPSA) is 65.7 Å². The smallest absolute Gasteiger partial charge is 0.375 e. The second-order valence-corrected chi connectivity index (χ2v) is 7.21. The Bertz CT molecular complexity index is 471. The van der Waals surface area contributed by atoms with E-state index in [2.05, 4.69) is 27.7 Å². The van der Waals surface area contributed by atoms with Crippen LogP contribution in [0.5, 0.6) is 0 Å². The van der Waals surface area contributed by atoms with Gasteiger partial charge in [0.15, 0.2) is 0 Å². The van der Waals surface area contributed by atoms with E-state index in [4.69, 9.17) is 13.9 Å². The first kappa shape index (κ1) is 21.3. The highest BCUT2D eigenvalue weighted by molar-refractivity contribution is 6.01. The SMILES string of the molecule is CC(C)CCCCOC(=O)c1ccoc1C(=O)OCCCCC(C)C. The fourth-order valence-corrected chi connectivity index (χ4v) is 2.41. The van der Waals surface area contributed by atoms with Crippen LogP contribution in [-0.2, 0) is 9.47 Å². The molecule has 0 aliphatic rings. The fraction of sp³-hybridized carbons (Fsp3) is 0.700. The summed E-state index contributed by atoms with van der Waals surface area (Å²) in [6.07, 6.45) is 7.17. The Morgan fingerprint density at radius 1 is 0.880 bits per heavy atom. The maximum Gasteiger partial charge on any atom is 0.375 e. The lowest BCUT2D eigenvalue weighted by atomic mass is 10.1. The van der Waals surface area contributed by atoms with Crippen LogP contribution < -0.4 is 0 Å². The quantitative estimate of drug-likeness (QED) is 0.380. The predicted molar refractivity (Wildman–Crippen MR) is 96.7 cm³/mol. The number of carbonyl (C=O) groups excluding carboxylic acids is 2. The summed E-state index contributed by atoms with van der Waals surface area (Å²) in [6.45, 7) is 9.33. The highest BCUT2D eigenvalue weighted by atomic mass is 16.5. The summed E-state index contributed by atoms with van der Waals surface area (Å²) in [5, 5.41) is 0. The minimum atomic E-state index is -0.610. The van der Waals surface area contributed by atoms with Gasteiger partial charge in [-0.3, -0.25) is 0 Å². The molecule has 0 aliphatic heterocycles. The van der Waals surface area contributed by atoms with Gasteiger partial charge in [0.05, 0.1) is 19.5 Å². The lowest BCUT2D eigenvalue weighted by molar-refractivity contribution is 0.0422. The molecular formula is C20H32O5. The molecule has 0 radical (unpaired) electrons. The first-order valence-corrected chi connectivity index (χ1v) is 9.33. The maximum atomic E-state index is 12.1. The molecular weight excluding hydrogens is 320 g/mol. The molecule has 0 bridgehead atoms. The lowest BCUT2D eigenvalue weighted by Crippen LogP contribution is -2.13. The first-order chi connectivity index (χ1) is 11.9. The molecule has 1 aromatic heterocycles. The van der Waals surface area contributed by atoms with Crippen molar-refractivity contribution in [2.24, 2.45) is 11.8 Å². The summed E-state index contributed by atoms with van der Waals surface area (Å²) in [7, 11) is 0. The molecule has 0 fully saturated rings. The molecule has 1 aromatic rings. The molecule has 142 valence electrons. The summed E-state index contributed by atoms with van der Waals surface area (Å²) in [5.74, 6) is 0.0663. The van der Waals surface area contributed by atoms with Crippen molar-refractivity contribution in [1.29, 1.82) is 0 Å². The van der Waals surface area contributed by atoms with E-state index in [0.717, 1.165) is 38.5 Å². The normalized spacial score (nSPS) is 11.1. The van der Waals surface area contributed by atoms with Gasteiger partial charge in [0, 0.05) is 0 Å². The maximum absolute atomic E-state index is 12.1. The van der Waals surface area contributed by atoms with Crippen LogP contribution in [0.1, 0.15) is 87.1 Å². The summed E-state index contributed by atoms with van der Waals surface area (Å²) in [5.41, 5.74) is 0.135. The van der Waals surface area contributed by atoms with E-state index >= 15 is 0 Å². The molecule has 5 heteroatoms. The number of esters is 2. The van der Waals surface area contributed by atoms with Crippen molar-refractivity contribution in [3.8, 4) is 0 Å². The Morgan fingerprint density at radius 3 is 1.92 bits per heavy atom. The summed E-state index contributed by atoms with van der Waals surface area (Å²) >= 11 is 0. The third-order valence-corrected chi connectivity index (χ3v) is 3.89. The monoisotopic (exact) mass is 352 g/mol. The van der Waals surface area contributed by atoms with Crippen molar-refractivity contribution >= 4 is 11.9 Å². The van der Waals surface area contributed by atoms with Gasteiger partial charge in [-0.25, -0.2) is 9.59 Å². The van der Waals surface area contributed by atoms with E-state index in [0.29, 0.717) is 25.0 Å². The molecule has 0 saturated heterocycles. The Hall–Kier alpha value is -1.78. The third-order valence-electron chi connectivity index (χ3n) is 3.89. The Balaban J connectivity index is 2.36. The van der Waals surface area contributed by atoms with Crippen LogP contribution in [-0.4, -0.2) is 25.2 Å². The zero-order valence-electron chi connectivity index (χ0n) is 16.0. The largest absolute Gasteiger partial charge is 0.462 e. The van der Waals surface area contributed by atoms with Gasteiger partial charge in [0.25, 0.3) is 0 Å². The van der Waals surface area contributed by atoms with Gasteiger partial charge in [0.2, 0.25) is 5.76 Å². The van der Waals surface area contributed by atoms with Gasteiger partial charge >= 0.3 is 11.9 Å². The standard InChI is InChI=1S/C20H32O5/c1-15(2)9-5-7-12-24-19(21)17-11-14-23-18(17)20(22)25-13-8-6-10-16(3)4/h11,14-16H,5-10,12-13H2,1-4H3. The molecule has 0 atom stereocenters. The molecule has 0 N–H and O–H groups in total. The number of ether oxygens (including phenoxy) is 2. The van der Waals surface area contributed by atoms with E-state index < -0.39 is 11.9 Å². The summed E-state index contributed by atoms with van der Waals surface area (Å²) < 4.78 is 15.5. The van der Waals surface area contributed by atoms with E-state index in [1.54, 1.807) is 0 Å². The molecule has 25 heavy (non-hydrogen) atoms. The molecule has 0 unspecified atom stereocenters. The van der Waals surface area contributed by atoms with Crippen molar-refractivity contribution in [3.63, 3.8) is 0 Å². The van der Waals surface area contributed by atoms with Crippen LogP contribution in [0.2, 0.25) is 0 Å². The zero-order chi connectivity index (χ0) is 18.7. The molecule has 0 spiro atoms. The van der Waals surface area contributed by atoms with Crippen LogP contribution >= 0.6 is 0 Å². The van der Waals surface area contributed by atoms with Gasteiger partial charge in [-0.05, 0) is 43.6 Å². The first-order valence-electron chi connectivity index (χ1n) is 9.33. The predicted octanol–water partition coefficient (Wildman–Crippen LogP) is 5.25. The lowest BCUT2D eigenvalue weighted by Gasteiger charge is -2.07. The van der Waals surface area contributed by atoms with Gasteiger partial charge in [-0.1, -0.05) is 40.5 Å². The number of furan rings is 1. The summed E-state index contributed by atoms with van der Waals surface area (Å²) in [4.78, 5) is 24.1. The Morgan fingerprint density at radius 2 is 1.40 bits per heavy atom. The summed E-state index contributed by atoms with van der Waals surface area (Å²) in [6, 6.07) is 1.45. The van der Waals surface area contributed by atoms with E-state index in [1.807, 2.05) is 0 Å². The minimum Gasteiger partial charge on any atom is -0.462 e. The average molecular weight is 352 g/mol. The number of unbranched alkanes of at least 4 members (excludes halogenated alkanes) is 2. The van der Waals surface area contributed by atoms with Crippen LogP contribution in [0.15, 0.2) is 16.7 Å². The fourth-order valence-electron chi connectivity index (χ4n) is 2.41. The van der Waals surface area contributed by atoms with Crippen molar-refractivity contribution in [1.82, 2.24) is 0 Å². The number of hydrogen-bond acceptors (Lipinski definition) is 5. The van der Waals surface area contributed by atoms with Crippen LogP contribution in [0, 0.1) is 11.8 Å². The second kappa shape index (κ2) is 11.7. The van der Waals surface area contributed by atoms with Crippen molar-refractivity contribution in [3.05, 3.63) is 23.7 Å². The van der Waals surface area contributed by atoms with Crippen molar-refractivity contribution < 1.29 is 23.5 Å². The Labute approximate surface area is 151 Å². The van der Waals surface area contributed by atoms with E-state index in [-0.39, 0.29) is 11.3 Å². The zero-order valence-corrected chi connectivity index (χ0v) is 16.0. The van der Waals surface area contributed by atoms with Crippen molar-refractivity contribution in [2.45, 2.75) is 66.2 Å². The van der Waals surface area contributed by atoms with Crippen LogP contribution in [0.4, 0.5) is 0 Å². The average Bonchev–Trinajstić information content (AvgIpc) is 3.03. The third kappa shape index (κ3) is 8.75. The van der Waals surface area contributed by atoms with Gasteiger partial charge in [0.1, 0.15) is 5.56 Å². The highest BCUT2D eigenvalue weighted by Crippen LogP contribution is 2.15. The molecule has 0 aliphatic carbocycles. The number of hydrogen-bond donors (Lipinski definition) is 0. The van der Waals surface area contributed by atoms with E-state index in [9.17, 15) is 9.59 Å². The minimum absolute atomic E-state index is 0.0731. The number of rotatable bonds is 12. The molecule has 0 saturated carbocycles. The van der Waals surface area contributed by atoms with Crippen LogP contribution in [0.25, 0.3) is 0 Å². The molecule has 1 heterocycles. The Kier molecular flexibility index (Phi) is 9.97. The number of carbonyl (C=O) groups is 2. The molecule has 5 nitrogen and oxygen atoms in total. The van der Waals surface area contributed by atoms with Crippen LogP contribution in [0.3, 0.4) is 0 Å². The highest BCUT2D eigenvalue weighted by Gasteiger charge is 2.23. The molecule has 0 aromatic carbocycles. The molecule has 1 rings (SSSR count).